The Morgan fingerprint density at radius 2 is 1.88 bits per heavy atom. The van der Waals surface area contributed by atoms with Gasteiger partial charge in [-0.05, 0) is 44.7 Å². The van der Waals surface area contributed by atoms with Crippen molar-refractivity contribution in [1.82, 2.24) is 4.90 Å². The highest BCUT2D eigenvalue weighted by atomic mass is 16.2. The van der Waals surface area contributed by atoms with Gasteiger partial charge in [0.05, 0.1) is 25.6 Å². The fourth-order valence-corrected chi connectivity index (χ4v) is 3.93. The number of amides is 2. The van der Waals surface area contributed by atoms with Gasteiger partial charge in [-0.1, -0.05) is 18.2 Å². The molecule has 138 valence electrons. The molecule has 1 N–H and O–H groups in total. The Hall–Kier alpha value is -1.88. The van der Waals surface area contributed by atoms with Gasteiger partial charge in [-0.25, -0.2) is 0 Å². The molecule has 0 spiro atoms. The number of likely N-dealkylation sites (N-methyl/N-ethyl adjacent to an activating group) is 1. The van der Waals surface area contributed by atoms with E-state index in [0.717, 1.165) is 49.3 Å². The third-order valence-electron chi connectivity index (χ3n) is 5.48. The van der Waals surface area contributed by atoms with E-state index in [1.165, 1.54) is 0 Å². The smallest absolute Gasteiger partial charge is 0.279 e. The van der Waals surface area contributed by atoms with Gasteiger partial charge in [0.15, 0.2) is 6.54 Å². The molecule has 1 fully saturated rings. The van der Waals surface area contributed by atoms with Crippen LogP contribution in [0.15, 0.2) is 18.2 Å². The van der Waals surface area contributed by atoms with Crippen molar-refractivity contribution in [2.45, 2.75) is 33.6 Å². The number of piperidine rings is 1. The van der Waals surface area contributed by atoms with Gasteiger partial charge >= 0.3 is 0 Å². The largest absolute Gasteiger partial charge is 0.348 e. The van der Waals surface area contributed by atoms with Crippen LogP contribution in [0.2, 0.25) is 0 Å². The molecule has 1 saturated heterocycles. The van der Waals surface area contributed by atoms with Crippen molar-refractivity contribution >= 4 is 17.5 Å². The van der Waals surface area contributed by atoms with Gasteiger partial charge in [-0.2, -0.15) is 0 Å². The number of nitrogens with one attached hydrogen (secondary N) is 1. The van der Waals surface area contributed by atoms with Crippen molar-refractivity contribution in [3.8, 4) is 0 Å². The Kier molecular flexibility index (Phi) is 6.22. The van der Waals surface area contributed by atoms with Crippen LogP contribution in [0.3, 0.4) is 0 Å². The second-order valence-corrected chi connectivity index (χ2v) is 7.61. The molecular formula is C20H32N3O2+. The molecule has 0 aliphatic carbocycles. The number of carbonyl (C=O) groups excluding carboxylic acids is 2. The highest BCUT2D eigenvalue weighted by Gasteiger charge is 2.39. The molecule has 2 atom stereocenters. The van der Waals surface area contributed by atoms with E-state index < -0.39 is 0 Å². The normalized spacial score (nSPS) is 23.2. The molecule has 5 nitrogen and oxygen atoms in total. The lowest BCUT2D eigenvalue weighted by Gasteiger charge is -2.43. The van der Waals surface area contributed by atoms with Gasteiger partial charge in [-0.3, -0.25) is 9.59 Å². The van der Waals surface area contributed by atoms with E-state index in [4.69, 9.17) is 0 Å². The number of anilines is 1. The maximum Gasteiger partial charge on any atom is 0.279 e. The maximum absolute atomic E-state index is 12.7. The zero-order valence-corrected chi connectivity index (χ0v) is 16.3. The first-order valence-electron chi connectivity index (χ1n) is 9.20. The van der Waals surface area contributed by atoms with Crippen molar-refractivity contribution in [3.63, 3.8) is 0 Å². The van der Waals surface area contributed by atoms with Crippen LogP contribution < -0.4 is 5.32 Å². The van der Waals surface area contributed by atoms with E-state index in [1.807, 2.05) is 46.1 Å². The van der Waals surface area contributed by atoms with Gasteiger partial charge < -0.3 is 14.7 Å². The van der Waals surface area contributed by atoms with Gasteiger partial charge in [0, 0.05) is 19.8 Å². The molecule has 2 amide bonds. The van der Waals surface area contributed by atoms with Crippen molar-refractivity contribution in [2.24, 2.45) is 5.92 Å². The lowest BCUT2D eigenvalue weighted by atomic mass is 9.94. The van der Waals surface area contributed by atoms with E-state index in [0.29, 0.717) is 11.0 Å². The third kappa shape index (κ3) is 4.60. The average Bonchev–Trinajstić information content (AvgIpc) is 2.57. The van der Waals surface area contributed by atoms with Crippen molar-refractivity contribution < 1.29 is 14.1 Å². The molecule has 1 aliphatic rings. The molecule has 2 rings (SSSR count). The highest BCUT2D eigenvalue weighted by Crippen LogP contribution is 2.26. The third-order valence-corrected chi connectivity index (χ3v) is 5.48. The van der Waals surface area contributed by atoms with Crippen LogP contribution >= 0.6 is 0 Å². The number of likely N-dealkylation sites (tertiary alicyclic amines) is 1. The number of rotatable bonds is 5. The standard InChI is InChI=1S/C20H31N3O2/c1-6-23(12-8-11-17(13-23)20(25)22(4)5)14-18(24)21-19-15(2)9-7-10-16(19)3/h7,9-10,17H,6,8,11-14H2,1-5H3/p+1. The van der Waals surface area contributed by atoms with Crippen LogP contribution in [0.1, 0.15) is 30.9 Å². The van der Waals surface area contributed by atoms with Crippen molar-refractivity contribution in [2.75, 3.05) is 45.6 Å². The second-order valence-electron chi connectivity index (χ2n) is 7.61. The summed E-state index contributed by atoms with van der Waals surface area (Å²) in [4.78, 5) is 26.8. The molecule has 2 unspecified atom stereocenters. The Balaban J connectivity index is 2.10. The molecule has 0 bridgehead atoms. The van der Waals surface area contributed by atoms with Gasteiger partial charge in [-0.15, -0.1) is 0 Å². The summed E-state index contributed by atoms with van der Waals surface area (Å²) in [5.41, 5.74) is 3.08. The molecule has 1 heterocycles. The number of benzene rings is 1. The van der Waals surface area contributed by atoms with Gasteiger partial charge in [0.25, 0.3) is 5.91 Å². The van der Waals surface area contributed by atoms with Crippen LogP contribution in [-0.2, 0) is 9.59 Å². The SMILES string of the molecule is CC[N+]1(CC(=O)Nc2c(C)cccc2C)CCCC(C(=O)N(C)C)C1. The molecule has 1 aromatic rings. The zero-order valence-electron chi connectivity index (χ0n) is 16.3. The minimum atomic E-state index is 0.0247. The van der Waals surface area contributed by atoms with Crippen LogP contribution in [0.5, 0.6) is 0 Å². The zero-order chi connectivity index (χ0) is 18.6. The Bertz CT molecular complexity index is 622. The fraction of sp³-hybridized carbons (Fsp3) is 0.600. The summed E-state index contributed by atoms with van der Waals surface area (Å²) in [6, 6.07) is 6.03. The summed E-state index contributed by atoms with van der Waals surface area (Å²) < 4.78 is 0.695. The summed E-state index contributed by atoms with van der Waals surface area (Å²) in [5.74, 6) is 0.250. The van der Waals surface area contributed by atoms with Gasteiger partial charge in [0.2, 0.25) is 5.91 Å². The number of carbonyl (C=O) groups is 2. The summed E-state index contributed by atoms with van der Waals surface area (Å²) in [7, 11) is 3.62. The topological polar surface area (TPSA) is 49.4 Å². The first-order chi connectivity index (χ1) is 11.8. The Labute approximate surface area is 151 Å². The number of hydrogen-bond donors (Lipinski definition) is 1. The number of aryl methyl sites for hydroxylation is 2. The summed E-state index contributed by atoms with van der Waals surface area (Å²) in [5, 5.41) is 3.10. The van der Waals surface area contributed by atoms with Crippen LogP contribution in [0.25, 0.3) is 0 Å². The molecule has 0 saturated carbocycles. The molecule has 0 aromatic heterocycles. The molecule has 25 heavy (non-hydrogen) atoms. The second kappa shape index (κ2) is 8.00. The first-order valence-corrected chi connectivity index (χ1v) is 9.20. The highest BCUT2D eigenvalue weighted by molar-refractivity contribution is 5.93. The lowest BCUT2D eigenvalue weighted by Crippen LogP contribution is -2.59. The summed E-state index contributed by atoms with van der Waals surface area (Å²) >= 11 is 0. The lowest BCUT2D eigenvalue weighted by molar-refractivity contribution is -0.925. The van der Waals surface area contributed by atoms with Gasteiger partial charge in [0.1, 0.15) is 0 Å². The summed E-state index contributed by atoms with van der Waals surface area (Å²) in [6.45, 7) is 9.17. The minimum Gasteiger partial charge on any atom is -0.348 e. The Morgan fingerprint density at radius 1 is 1.24 bits per heavy atom. The number of nitrogens with zero attached hydrogens (tertiary/aromatic N) is 2. The first kappa shape index (κ1) is 19.4. The fourth-order valence-electron chi connectivity index (χ4n) is 3.93. The van der Waals surface area contributed by atoms with Crippen LogP contribution in [0, 0.1) is 19.8 Å². The van der Waals surface area contributed by atoms with E-state index in [2.05, 4.69) is 12.2 Å². The number of hydrogen-bond acceptors (Lipinski definition) is 2. The maximum atomic E-state index is 12.7. The minimum absolute atomic E-state index is 0.0247. The Morgan fingerprint density at radius 3 is 2.44 bits per heavy atom. The van der Waals surface area contributed by atoms with E-state index in [9.17, 15) is 9.59 Å². The van der Waals surface area contributed by atoms with Crippen LogP contribution in [0.4, 0.5) is 5.69 Å². The quantitative estimate of drug-likeness (QED) is 0.833. The molecular weight excluding hydrogens is 314 g/mol. The molecule has 1 aliphatic heterocycles. The molecule has 0 radical (unpaired) electrons. The average molecular weight is 346 g/mol. The summed E-state index contributed by atoms with van der Waals surface area (Å²) in [6.07, 6.45) is 1.92. The molecule has 5 heteroatoms. The van der Waals surface area contributed by atoms with E-state index >= 15 is 0 Å². The molecule has 1 aromatic carbocycles. The van der Waals surface area contributed by atoms with E-state index in [-0.39, 0.29) is 17.7 Å². The monoisotopic (exact) mass is 346 g/mol. The number of quaternary nitrogens is 1. The van der Waals surface area contributed by atoms with Crippen molar-refractivity contribution in [3.05, 3.63) is 29.3 Å². The predicted molar refractivity (Wildman–Crippen MR) is 101 cm³/mol. The van der Waals surface area contributed by atoms with Crippen molar-refractivity contribution in [1.29, 1.82) is 0 Å². The number of para-hydroxylation sites is 1. The predicted octanol–water partition coefficient (Wildman–Crippen LogP) is 2.58. The van der Waals surface area contributed by atoms with E-state index in [1.54, 1.807) is 4.90 Å². The van der Waals surface area contributed by atoms with Crippen LogP contribution in [-0.4, -0.2) is 61.5 Å².